The number of nitrogens with one attached hydrogen (secondary N) is 1. The molecule has 0 radical (unpaired) electrons. The Morgan fingerprint density at radius 3 is 2.61 bits per heavy atom. The summed E-state index contributed by atoms with van der Waals surface area (Å²) in [6.45, 7) is 4.89. The first-order chi connectivity index (χ1) is 10.9. The molecule has 1 aromatic carbocycles. The van der Waals surface area contributed by atoms with Crippen LogP contribution in [0.25, 0.3) is 0 Å². The number of carbonyl (C=O) groups is 1. The number of nitrogens with zero attached hydrogens (tertiary/aromatic N) is 2. The van der Waals surface area contributed by atoms with Crippen molar-refractivity contribution in [1.29, 1.82) is 0 Å². The first-order valence-corrected chi connectivity index (χ1v) is 7.70. The molecule has 23 heavy (non-hydrogen) atoms. The molecule has 1 atom stereocenters. The predicted octanol–water partition coefficient (Wildman–Crippen LogP) is 3.01. The lowest BCUT2D eigenvalue weighted by molar-refractivity contribution is 0.0785. The van der Waals surface area contributed by atoms with Crippen LogP contribution in [-0.2, 0) is 6.42 Å². The molecule has 2 heterocycles. The van der Waals surface area contributed by atoms with Gasteiger partial charge in [0.25, 0.3) is 5.91 Å². The summed E-state index contributed by atoms with van der Waals surface area (Å²) in [5.41, 5.74) is 2.73. The minimum absolute atomic E-state index is 0.0262. The fraction of sp³-hybridized carbons (Fsp3) is 0.412. The van der Waals surface area contributed by atoms with Crippen LogP contribution < -0.4 is 0 Å². The normalized spacial score (nSPS) is 17.7. The predicted molar refractivity (Wildman–Crippen MR) is 82.1 cm³/mol. The van der Waals surface area contributed by atoms with Gasteiger partial charge in [0.2, 0.25) is 0 Å². The van der Waals surface area contributed by atoms with Gasteiger partial charge in [-0.05, 0) is 50.3 Å². The lowest BCUT2D eigenvalue weighted by Crippen LogP contribution is -2.29. The first kappa shape index (κ1) is 15.6. The van der Waals surface area contributed by atoms with E-state index in [4.69, 9.17) is 0 Å². The molecule has 1 unspecified atom stereocenters. The lowest BCUT2D eigenvalue weighted by Gasteiger charge is -2.17. The molecule has 1 N–H and O–H groups in total. The van der Waals surface area contributed by atoms with Gasteiger partial charge in [0.15, 0.2) is 0 Å². The maximum absolute atomic E-state index is 13.3. The number of rotatable bonds is 3. The molecule has 6 heteroatoms. The quantitative estimate of drug-likeness (QED) is 0.945. The summed E-state index contributed by atoms with van der Waals surface area (Å²) in [4.78, 5) is 14.4. The maximum Gasteiger partial charge on any atom is 0.257 e. The van der Waals surface area contributed by atoms with Crippen LogP contribution in [-0.4, -0.2) is 34.1 Å². The van der Waals surface area contributed by atoms with Crippen molar-refractivity contribution in [2.24, 2.45) is 5.92 Å². The third-order valence-corrected chi connectivity index (χ3v) is 4.36. The summed E-state index contributed by atoms with van der Waals surface area (Å²) in [5.74, 6) is -0.930. The largest absolute Gasteiger partial charge is 0.338 e. The number of halogens is 2. The van der Waals surface area contributed by atoms with Gasteiger partial charge in [0.05, 0.1) is 11.3 Å². The van der Waals surface area contributed by atoms with Crippen molar-refractivity contribution in [2.75, 3.05) is 13.1 Å². The number of aromatic amines is 1. The number of aromatic nitrogens is 2. The van der Waals surface area contributed by atoms with Gasteiger partial charge in [0, 0.05) is 24.8 Å². The highest BCUT2D eigenvalue weighted by Gasteiger charge is 2.29. The number of likely N-dealkylation sites (tertiary alicyclic amines) is 1. The molecule has 2 aromatic rings. The summed E-state index contributed by atoms with van der Waals surface area (Å²) in [6, 6.07) is 3.59. The van der Waals surface area contributed by atoms with Gasteiger partial charge in [0.1, 0.15) is 11.6 Å². The van der Waals surface area contributed by atoms with E-state index >= 15 is 0 Å². The fourth-order valence-corrected chi connectivity index (χ4v) is 3.27. The molecule has 0 spiro atoms. The zero-order valence-corrected chi connectivity index (χ0v) is 13.2. The molecule has 122 valence electrons. The minimum Gasteiger partial charge on any atom is -0.338 e. The van der Waals surface area contributed by atoms with Crippen LogP contribution in [0.2, 0.25) is 0 Å². The maximum atomic E-state index is 13.3. The van der Waals surface area contributed by atoms with Crippen LogP contribution in [0.4, 0.5) is 8.78 Å². The van der Waals surface area contributed by atoms with Crippen molar-refractivity contribution in [3.8, 4) is 0 Å². The molecule has 0 saturated carbocycles. The summed E-state index contributed by atoms with van der Waals surface area (Å²) < 4.78 is 26.5. The lowest BCUT2D eigenvalue weighted by atomic mass is 9.98. The zero-order chi connectivity index (χ0) is 16.6. The molecule has 1 saturated heterocycles. The Kier molecular flexibility index (Phi) is 4.15. The van der Waals surface area contributed by atoms with Crippen LogP contribution in [0, 0.1) is 31.4 Å². The zero-order valence-electron chi connectivity index (χ0n) is 13.2. The standard InChI is InChI=1S/C17H19F2N3O/c1-10-16(11(2)21-20-10)17(23)22-4-3-12(9-22)5-13-6-14(18)8-15(19)7-13/h6-8,12H,3-5,9H2,1-2H3,(H,20,21). The monoisotopic (exact) mass is 319 g/mol. The van der Waals surface area contributed by atoms with E-state index in [0.717, 1.165) is 18.2 Å². The van der Waals surface area contributed by atoms with E-state index in [0.29, 0.717) is 36.3 Å². The molecule has 1 amide bonds. The average molecular weight is 319 g/mol. The third-order valence-electron chi connectivity index (χ3n) is 4.36. The van der Waals surface area contributed by atoms with Crippen LogP contribution in [0.3, 0.4) is 0 Å². The Morgan fingerprint density at radius 1 is 1.30 bits per heavy atom. The van der Waals surface area contributed by atoms with Gasteiger partial charge in [-0.25, -0.2) is 8.78 Å². The number of carbonyl (C=O) groups excluding carboxylic acids is 1. The van der Waals surface area contributed by atoms with E-state index in [9.17, 15) is 13.6 Å². The Hall–Kier alpha value is -2.24. The summed E-state index contributed by atoms with van der Waals surface area (Å²) >= 11 is 0. The summed E-state index contributed by atoms with van der Waals surface area (Å²) in [6.07, 6.45) is 1.40. The molecule has 3 rings (SSSR count). The Bertz CT molecular complexity index is 702. The minimum atomic E-state index is -0.560. The van der Waals surface area contributed by atoms with Gasteiger partial charge in [-0.15, -0.1) is 0 Å². The number of aryl methyl sites for hydroxylation is 2. The topological polar surface area (TPSA) is 49.0 Å². The molecule has 4 nitrogen and oxygen atoms in total. The van der Waals surface area contributed by atoms with Crippen molar-refractivity contribution >= 4 is 5.91 Å². The number of H-pyrrole nitrogens is 1. The smallest absolute Gasteiger partial charge is 0.257 e. The SMILES string of the molecule is Cc1n[nH]c(C)c1C(=O)N1CCC(Cc2cc(F)cc(F)c2)C1. The molecular formula is C17H19F2N3O. The van der Waals surface area contributed by atoms with Crippen molar-refractivity contribution in [3.05, 3.63) is 52.3 Å². The van der Waals surface area contributed by atoms with E-state index in [-0.39, 0.29) is 11.8 Å². The van der Waals surface area contributed by atoms with E-state index in [1.54, 1.807) is 11.8 Å². The molecule has 0 bridgehead atoms. The Balaban J connectivity index is 1.68. The van der Waals surface area contributed by atoms with E-state index in [1.165, 1.54) is 12.1 Å². The summed E-state index contributed by atoms with van der Waals surface area (Å²) in [5, 5.41) is 6.88. The van der Waals surface area contributed by atoms with E-state index in [1.807, 2.05) is 6.92 Å². The van der Waals surface area contributed by atoms with Gasteiger partial charge < -0.3 is 4.90 Å². The van der Waals surface area contributed by atoms with Gasteiger partial charge in [-0.3, -0.25) is 9.89 Å². The second-order valence-electron chi connectivity index (χ2n) is 6.20. The molecule has 1 aromatic heterocycles. The highest BCUT2D eigenvalue weighted by molar-refractivity contribution is 5.96. The van der Waals surface area contributed by atoms with Crippen LogP contribution >= 0.6 is 0 Å². The molecule has 0 aliphatic carbocycles. The Morgan fingerprint density at radius 2 is 2.00 bits per heavy atom. The number of hydrogen-bond donors (Lipinski definition) is 1. The molecular weight excluding hydrogens is 300 g/mol. The van der Waals surface area contributed by atoms with Crippen molar-refractivity contribution in [2.45, 2.75) is 26.7 Å². The third kappa shape index (κ3) is 3.25. The first-order valence-electron chi connectivity index (χ1n) is 7.70. The number of hydrogen-bond acceptors (Lipinski definition) is 2. The van der Waals surface area contributed by atoms with E-state index in [2.05, 4.69) is 10.2 Å². The van der Waals surface area contributed by atoms with Gasteiger partial charge in [-0.1, -0.05) is 0 Å². The average Bonchev–Trinajstić information content (AvgIpc) is 3.04. The summed E-state index contributed by atoms with van der Waals surface area (Å²) in [7, 11) is 0. The van der Waals surface area contributed by atoms with Crippen molar-refractivity contribution in [3.63, 3.8) is 0 Å². The molecule has 1 aliphatic rings. The second kappa shape index (κ2) is 6.10. The second-order valence-corrected chi connectivity index (χ2v) is 6.20. The van der Waals surface area contributed by atoms with E-state index < -0.39 is 11.6 Å². The molecule has 1 aliphatic heterocycles. The van der Waals surface area contributed by atoms with Crippen molar-refractivity contribution in [1.82, 2.24) is 15.1 Å². The van der Waals surface area contributed by atoms with Crippen molar-refractivity contribution < 1.29 is 13.6 Å². The van der Waals surface area contributed by atoms with Gasteiger partial charge in [-0.2, -0.15) is 5.10 Å². The molecule has 1 fully saturated rings. The number of amides is 1. The van der Waals surface area contributed by atoms with Crippen LogP contribution in [0.5, 0.6) is 0 Å². The fourth-order valence-electron chi connectivity index (χ4n) is 3.27. The highest BCUT2D eigenvalue weighted by atomic mass is 19.1. The Labute approximate surface area is 133 Å². The van der Waals surface area contributed by atoms with Crippen LogP contribution in [0.1, 0.15) is 33.7 Å². The van der Waals surface area contributed by atoms with Gasteiger partial charge >= 0.3 is 0 Å². The highest BCUT2D eigenvalue weighted by Crippen LogP contribution is 2.24. The number of benzene rings is 1. The van der Waals surface area contributed by atoms with Crippen LogP contribution in [0.15, 0.2) is 18.2 Å².